The molecule has 4 heteroatoms. The third-order valence-electron chi connectivity index (χ3n) is 9.11. The minimum Gasteiger partial charge on any atom is -0.335 e. The normalized spacial score (nSPS) is 22.9. The van der Waals surface area contributed by atoms with Crippen LogP contribution < -0.4 is 4.90 Å². The number of halogens is 1. The van der Waals surface area contributed by atoms with Crippen LogP contribution in [0.1, 0.15) is 41.9 Å². The van der Waals surface area contributed by atoms with Crippen LogP contribution >= 0.6 is 22.6 Å². The van der Waals surface area contributed by atoms with Crippen molar-refractivity contribution in [3.05, 3.63) is 138 Å². The van der Waals surface area contributed by atoms with E-state index in [4.69, 9.17) is 0 Å². The molecule has 0 saturated heterocycles. The molecule has 8 rings (SSSR count). The van der Waals surface area contributed by atoms with E-state index >= 15 is 0 Å². The number of benzene rings is 4. The van der Waals surface area contributed by atoms with E-state index in [0.717, 1.165) is 30.5 Å². The average molecular weight is 642 g/mol. The Balaban J connectivity index is 1.38. The smallest absolute Gasteiger partial charge is 0.110 e. The Morgan fingerprint density at radius 3 is 2.46 bits per heavy atom. The second-order valence-corrected chi connectivity index (χ2v) is 12.9. The van der Waals surface area contributed by atoms with Crippen LogP contribution in [0.15, 0.2) is 121 Å². The summed E-state index contributed by atoms with van der Waals surface area (Å²) in [4.78, 5) is 2.45. The predicted molar refractivity (Wildman–Crippen MR) is 178 cm³/mol. The fourth-order valence-electron chi connectivity index (χ4n) is 7.32. The van der Waals surface area contributed by atoms with E-state index in [9.17, 15) is 5.26 Å². The lowest BCUT2D eigenvalue weighted by Crippen LogP contribution is -2.42. The van der Waals surface area contributed by atoms with Crippen molar-refractivity contribution in [3.8, 4) is 6.07 Å². The van der Waals surface area contributed by atoms with Crippen LogP contribution in [0.25, 0.3) is 27.5 Å². The maximum Gasteiger partial charge on any atom is 0.110 e. The van der Waals surface area contributed by atoms with E-state index in [0.29, 0.717) is 5.92 Å². The molecule has 2 aliphatic carbocycles. The van der Waals surface area contributed by atoms with Crippen LogP contribution in [0.2, 0.25) is 0 Å². The van der Waals surface area contributed by atoms with Crippen molar-refractivity contribution in [2.24, 2.45) is 0 Å². The van der Waals surface area contributed by atoms with E-state index in [1.54, 1.807) is 0 Å². The van der Waals surface area contributed by atoms with E-state index in [1.165, 1.54) is 44.3 Å². The molecule has 4 aromatic carbocycles. The van der Waals surface area contributed by atoms with Crippen LogP contribution in [0.5, 0.6) is 0 Å². The van der Waals surface area contributed by atoms with Gasteiger partial charge in [-0.1, -0.05) is 114 Å². The zero-order valence-corrected chi connectivity index (χ0v) is 24.7. The maximum atomic E-state index is 10.1. The SMILES string of the molecule is N#Cc1ccccc1N1c2ccccc2C2(I)C(n3c4ccccc4c4ccc([C@@H]5C=CC=CC5)cc43)=CCCC12. The van der Waals surface area contributed by atoms with Crippen molar-refractivity contribution in [2.45, 2.75) is 34.6 Å². The number of rotatable bonds is 3. The molecular weight excluding hydrogens is 613 g/mol. The molecule has 41 heavy (non-hydrogen) atoms. The Kier molecular flexibility index (Phi) is 5.72. The molecule has 0 N–H and O–H groups in total. The molecule has 3 atom stereocenters. The van der Waals surface area contributed by atoms with Gasteiger partial charge in [-0.15, -0.1) is 0 Å². The second-order valence-electron chi connectivity index (χ2n) is 11.2. The molecule has 0 bridgehead atoms. The topological polar surface area (TPSA) is 32.0 Å². The van der Waals surface area contributed by atoms with Gasteiger partial charge in [0.05, 0.1) is 28.3 Å². The van der Waals surface area contributed by atoms with Gasteiger partial charge in [0.1, 0.15) is 9.49 Å². The first kappa shape index (κ1) is 24.7. The van der Waals surface area contributed by atoms with Crippen molar-refractivity contribution in [2.75, 3.05) is 4.90 Å². The highest BCUT2D eigenvalue weighted by atomic mass is 127. The number of alkyl halides is 1. The average Bonchev–Trinajstić information content (AvgIpc) is 3.50. The van der Waals surface area contributed by atoms with Gasteiger partial charge in [0.15, 0.2) is 0 Å². The van der Waals surface area contributed by atoms with Gasteiger partial charge in [-0.2, -0.15) is 5.26 Å². The third kappa shape index (κ3) is 3.55. The molecule has 2 heterocycles. The summed E-state index contributed by atoms with van der Waals surface area (Å²) in [6.45, 7) is 0. The van der Waals surface area contributed by atoms with Crippen molar-refractivity contribution in [3.63, 3.8) is 0 Å². The fraction of sp³-hybridized carbons (Fsp3) is 0.162. The van der Waals surface area contributed by atoms with Crippen LogP contribution in [0, 0.1) is 11.3 Å². The van der Waals surface area contributed by atoms with Crippen molar-refractivity contribution >= 4 is 61.5 Å². The molecule has 1 aliphatic heterocycles. The summed E-state index contributed by atoms with van der Waals surface area (Å²) in [5.41, 5.74) is 9.41. The van der Waals surface area contributed by atoms with Gasteiger partial charge in [0.2, 0.25) is 0 Å². The molecular formula is C37H28IN3. The summed E-state index contributed by atoms with van der Waals surface area (Å²) >= 11 is 2.75. The number of hydrogen-bond acceptors (Lipinski definition) is 2. The molecule has 0 radical (unpaired) electrons. The Morgan fingerprint density at radius 1 is 0.829 bits per heavy atom. The molecule has 1 aromatic heterocycles. The Labute approximate surface area is 253 Å². The molecule has 3 nitrogen and oxygen atoms in total. The zero-order valence-electron chi connectivity index (χ0n) is 22.5. The highest BCUT2D eigenvalue weighted by molar-refractivity contribution is 14.1. The number of allylic oxidation sites excluding steroid dienone is 5. The van der Waals surface area contributed by atoms with E-state index in [1.807, 2.05) is 12.1 Å². The van der Waals surface area contributed by atoms with Gasteiger partial charge in [-0.05, 0) is 60.7 Å². The van der Waals surface area contributed by atoms with Crippen LogP contribution in [-0.2, 0) is 3.42 Å². The molecule has 3 aliphatic rings. The summed E-state index contributed by atoms with van der Waals surface area (Å²) in [6, 6.07) is 35.4. The number of hydrogen-bond donors (Lipinski definition) is 0. The first-order valence-corrected chi connectivity index (χ1v) is 15.4. The summed E-state index contributed by atoms with van der Waals surface area (Å²) in [5, 5.41) is 12.6. The predicted octanol–water partition coefficient (Wildman–Crippen LogP) is 9.75. The van der Waals surface area contributed by atoms with Gasteiger partial charge in [0, 0.05) is 28.1 Å². The van der Waals surface area contributed by atoms with E-state index in [-0.39, 0.29) is 9.46 Å². The van der Waals surface area contributed by atoms with E-state index < -0.39 is 0 Å². The van der Waals surface area contributed by atoms with Crippen LogP contribution in [0.3, 0.4) is 0 Å². The number of fused-ring (bicyclic) bond motifs is 6. The number of para-hydroxylation sites is 3. The Bertz CT molecular complexity index is 1990. The highest BCUT2D eigenvalue weighted by Crippen LogP contribution is 2.61. The van der Waals surface area contributed by atoms with Gasteiger partial charge < -0.3 is 9.47 Å². The van der Waals surface area contributed by atoms with Crippen LogP contribution in [-0.4, -0.2) is 10.6 Å². The number of anilines is 2. The van der Waals surface area contributed by atoms with Gasteiger partial charge in [-0.3, -0.25) is 0 Å². The van der Waals surface area contributed by atoms with Crippen molar-refractivity contribution in [1.82, 2.24) is 4.57 Å². The first-order valence-electron chi connectivity index (χ1n) is 14.3. The number of aromatic nitrogens is 1. The van der Waals surface area contributed by atoms with Crippen molar-refractivity contribution < 1.29 is 0 Å². The fourth-order valence-corrected chi connectivity index (χ4v) is 8.82. The zero-order chi connectivity index (χ0) is 27.6. The second kappa shape index (κ2) is 9.49. The minimum atomic E-state index is -0.298. The summed E-state index contributed by atoms with van der Waals surface area (Å²) < 4.78 is 2.25. The lowest BCUT2D eigenvalue weighted by molar-refractivity contribution is 0.549. The number of nitriles is 1. The monoisotopic (exact) mass is 641 g/mol. The Hall–Kier alpha value is -4.08. The lowest BCUT2D eigenvalue weighted by atomic mass is 9.84. The molecule has 198 valence electrons. The van der Waals surface area contributed by atoms with E-state index in [2.05, 4.69) is 147 Å². The first-order chi connectivity index (χ1) is 20.2. The quantitative estimate of drug-likeness (QED) is 0.145. The van der Waals surface area contributed by atoms with Gasteiger partial charge in [-0.25, -0.2) is 0 Å². The molecule has 0 amide bonds. The molecule has 0 fully saturated rings. The number of nitrogens with zero attached hydrogens (tertiary/aromatic N) is 3. The van der Waals surface area contributed by atoms with Crippen LogP contribution in [0.4, 0.5) is 11.4 Å². The largest absolute Gasteiger partial charge is 0.335 e. The van der Waals surface area contributed by atoms with Gasteiger partial charge >= 0.3 is 0 Å². The summed E-state index contributed by atoms with van der Waals surface area (Å²) in [7, 11) is 0. The summed E-state index contributed by atoms with van der Waals surface area (Å²) in [5.74, 6) is 0.391. The third-order valence-corrected chi connectivity index (χ3v) is 11.0. The lowest BCUT2D eigenvalue weighted by Gasteiger charge is -2.41. The Morgan fingerprint density at radius 2 is 1.61 bits per heavy atom. The highest BCUT2D eigenvalue weighted by Gasteiger charge is 2.54. The molecule has 0 spiro atoms. The standard InChI is InChI=1S/C37H28IN3/c38-37-30-15-6-9-18-33(30)40(31-16-7-4-13-27(31)24-39)35(37)19-10-20-36(37)41-32-17-8-5-14-28(32)29-22-21-26(23-34(29)41)25-11-2-1-3-12-25/h1-9,11,13-18,20-23,25,35H,10,12,19H2/t25-,35?,37?/m1/s1. The summed E-state index contributed by atoms with van der Waals surface area (Å²) in [6.07, 6.45) is 14.4. The maximum absolute atomic E-state index is 10.1. The van der Waals surface area contributed by atoms with Gasteiger partial charge in [0.25, 0.3) is 0 Å². The minimum absolute atomic E-state index is 0.181. The molecule has 2 unspecified atom stereocenters. The molecule has 0 saturated carbocycles. The van der Waals surface area contributed by atoms with Crippen molar-refractivity contribution in [1.29, 1.82) is 5.26 Å². The molecule has 5 aromatic rings.